The molecular weight excluding hydrogens is 280 g/mol. The van der Waals surface area contributed by atoms with Crippen molar-refractivity contribution in [2.45, 2.75) is 33.1 Å². The third kappa shape index (κ3) is 3.10. The second-order valence-corrected chi connectivity index (χ2v) is 6.25. The highest BCUT2D eigenvalue weighted by Crippen LogP contribution is 2.37. The van der Waals surface area contributed by atoms with Crippen LogP contribution in [0.5, 0.6) is 5.75 Å². The van der Waals surface area contributed by atoms with E-state index in [4.69, 9.17) is 19.6 Å². The van der Waals surface area contributed by atoms with E-state index in [0.717, 1.165) is 12.0 Å². The van der Waals surface area contributed by atoms with Gasteiger partial charge in [-0.3, -0.25) is 5.41 Å². The topological polar surface area (TPSA) is 63.6 Å². The summed E-state index contributed by atoms with van der Waals surface area (Å²) < 4.78 is 16.9. The predicted molar refractivity (Wildman–Crippen MR) is 86.2 cm³/mol. The summed E-state index contributed by atoms with van der Waals surface area (Å²) in [7, 11) is 3.11. The van der Waals surface area contributed by atoms with Gasteiger partial charge in [0, 0.05) is 19.8 Å². The van der Waals surface area contributed by atoms with Gasteiger partial charge in [-0.1, -0.05) is 32.9 Å². The van der Waals surface area contributed by atoms with Crippen LogP contribution in [0.3, 0.4) is 0 Å². The van der Waals surface area contributed by atoms with Crippen LogP contribution >= 0.6 is 0 Å². The Morgan fingerprint density at radius 3 is 2.45 bits per heavy atom. The maximum Gasteiger partial charge on any atom is 0.279 e. The van der Waals surface area contributed by atoms with Crippen LogP contribution in [0.25, 0.3) is 0 Å². The first-order valence-corrected chi connectivity index (χ1v) is 7.67. The molecule has 0 aromatic heterocycles. The van der Waals surface area contributed by atoms with Crippen molar-refractivity contribution >= 4 is 5.84 Å². The molecular formula is C17H26N2O3. The average molecular weight is 306 g/mol. The van der Waals surface area contributed by atoms with Crippen molar-refractivity contribution < 1.29 is 14.2 Å². The molecule has 2 N–H and O–H groups in total. The summed E-state index contributed by atoms with van der Waals surface area (Å²) in [6.07, 6.45) is 1.12. The zero-order valence-corrected chi connectivity index (χ0v) is 14.0. The minimum absolute atomic E-state index is 0.255. The van der Waals surface area contributed by atoms with Gasteiger partial charge in [0.05, 0.1) is 12.2 Å². The predicted octanol–water partition coefficient (Wildman–Crippen LogP) is 3.08. The van der Waals surface area contributed by atoms with Gasteiger partial charge in [0.15, 0.2) is 0 Å². The molecule has 1 unspecified atom stereocenters. The van der Waals surface area contributed by atoms with Gasteiger partial charge in [0.1, 0.15) is 11.6 Å². The van der Waals surface area contributed by atoms with E-state index in [1.807, 2.05) is 18.2 Å². The van der Waals surface area contributed by atoms with Gasteiger partial charge in [-0.25, -0.2) is 0 Å². The van der Waals surface area contributed by atoms with Crippen LogP contribution in [0.2, 0.25) is 0 Å². The molecule has 1 aliphatic heterocycles. The lowest BCUT2D eigenvalue weighted by atomic mass is 10.00. The number of nitrogens with one attached hydrogen (secondary N) is 2. The second-order valence-electron chi connectivity index (χ2n) is 6.25. The molecule has 0 aliphatic carbocycles. The standard InChI is InChI=1S/C17H26N2O3/c1-11(2)9-12(3)10-22-14-8-6-7-13-15(14)16(18)19-17(13,20-4)21-5/h6-8,11-12H,9-10H2,1-5H3,(H2,18,19). The summed E-state index contributed by atoms with van der Waals surface area (Å²) in [4.78, 5) is 0. The Hall–Kier alpha value is -1.59. The van der Waals surface area contributed by atoms with Crippen molar-refractivity contribution in [3.63, 3.8) is 0 Å². The van der Waals surface area contributed by atoms with E-state index in [9.17, 15) is 0 Å². The van der Waals surface area contributed by atoms with E-state index < -0.39 is 5.91 Å². The Morgan fingerprint density at radius 2 is 1.86 bits per heavy atom. The third-order valence-electron chi connectivity index (χ3n) is 3.89. The van der Waals surface area contributed by atoms with E-state index in [-0.39, 0.29) is 5.84 Å². The summed E-state index contributed by atoms with van der Waals surface area (Å²) in [6.45, 7) is 7.24. The number of fused-ring (bicyclic) bond motifs is 1. The van der Waals surface area contributed by atoms with E-state index in [0.29, 0.717) is 29.8 Å². The average Bonchev–Trinajstić information content (AvgIpc) is 2.78. The van der Waals surface area contributed by atoms with Gasteiger partial charge in [-0.05, 0) is 24.3 Å². The van der Waals surface area contributed by atoms with Gasteiger partial charge >= 0.3 is 0 Å². The minimum atomic E-state index is -1.10. The maximum atomic E-state index is 8.18. The molecule has 1 aromatic rings. The van der Waals surface area contributed by atoms with Crippen molar-refractivity contribution in [3.8, 4) is 5.75 Å². The van der Waals surface area contributed by atoms with Crippen LogP contribution in [0.15, 0.2) is 18.2 Å². The van der Waals surface area contributed by atoms with E-state index in [1.165, 1.54) is 0 Å². The molecule has 5 heteroatoms. The molecule has 0 amide bonds. The van der Waals surface area contributed by atoms with Gasteiger partial charge in [-0.2, -0.15) is 0 Å². The molecule has 5 nitrogen and oxygen atoms in total. The van der Waals surface area contributed by atoms with Gasteiger partial charge in [0.25, 0.3) is 5.91 Å². The lowest BCUT2D eigenvalue weighted by Gasteiger charge is -2.26. The molecule has 0 radical (unpaired) electrons. The zero-order valence-electron chi connectivity index (χ0n) is 14.0. The number of hydrogen-bond acceptors (Lipinski definition) is 4. The van der Waals surface area contributed by atoms with Crippen LogP contribution in [-0.4, -0.2) is 26.7 Å². The fourth-order valence-corrected chi connectivity index (χ4v) is 2.99. The van der Waals surface area contributed by atoms with Crippen LogP contribution < -0.4 is 10.1 Å². The monoisotopic (exact) mass is 306 g/mol. The molecule has 1 aliphatic rings. The lowest BCUT2D eigenvalue weighted by Crippen LogP contribution is -2.42. The molecule has 122 valence electrons. The Balaban J connectivity index is 2.22. The highest BCUT2D eigenvalue weighted by Gasteiger charge is 2.43. The first-order valence-electron chi connectivity index (χ1n) is 7.67. The molecule has 0 saturated heterocycles. The number of amidine groups is 1. The van der Waals surface area contributed by atoms with Crippen molar-refractivity contribution in [2.24, 2.45) is 11.8 Å². The van der Waals surface area contributed by atoms with Crippen LogP contribution in [-0.2, 0) is 15.4 Å². The number of hydrogen-bond donors (Lipinski definition) is 2. The molecule has 1 heterocycles. The summed E-state index contributed by atoms with van der Waals surface area (Å²) in [5, 5.41) is 11.1. The number of benzene rings is 1. The lowest BCUT2D eigenvalue weighted by molar-refractivity contribution is -0.223. The molecule has 1 atom stereocenters. The quantitative estimate of drug-likeness (QED) is 0.760. The van der Waals surface area contributed by atoms with Gasteiger partial charge < -0.3 is 19.5 Å². The Kier molecular flexibility index (Phi) is 5.08. The van der Waals surface area contributed by atoms with E-state index in [2.05, 4.69) is 26.1 Å². The Labute approximate surface area is 132 Å². The van der Waals surface area contributed by atoms with Gasteiger partial charge in [-0.15, -0.1) is 0 Å². The van der Waals surface area contributed by atoms with Crippen LogP contribution in [0.4, 0.5) is 0 Å². The largest absolute Gasteiger partial charge is 0.493 e. The second kappa shape index (κ2) is 6.67. The van der Waals surface area contributed by atoms with Gasteiger partial charge in [0.2, 0.25) is 0 Å². The van der Waals surface area contributed by atoms with Crippen molar-refractivity contribution in [1.29, 1.82) is 5.41 Å². The Morgan fingerprint density at radius 1 is 1.18 bits per heavy atom. The normalized spacial score (nSPS) is 17.3. The summed E-state index contributed by atoms with van der Waals surface area (Å²) in [6, 6.07) is 5.67. The summed E-state index contributed by atoms with van der Waals surface area (Å²) in [5.74, 6) is 0.964. The van der Waals surface area contributed by atoms with Crippen LogP contribution in [0, 0.1) is 17.2 Å². The van der Waals surface area contributed by atoms with E-state index >= 15 is 0 Å². The number of methoxy groups -OCH3 is 2. The molecule has 2 rings (SSSR count). The third-order valence-corrected chi connectivity index (χ3v) is 3.89. The Bertz CT molecular complexity index is 539. The van der Waals surface area contributed by atoms with Crippen molar-refractivity contribution in [1.82, 2.24) is 5.32 Å². The minimum Gasteiger partial charge on any atom is -0.493 e. The highest BCUT2D eigenvalue weighted by molar-refractivity contribution is 6.03. The van der Waals surface area contributed by atoms with Crippen molar-refractivity contribution in [2.75, 3.05) is 20.8 Å². The van der Waals surface area contributed by atoms with Crippen LogP contribution in [0.1, 0.15) is 38.3 Å². The van der Waals surface area contributed by atoms with Crippen molar-refractivity contribution in [3.05, 3.63) is 29.3 Å². The first kappa shape index (κ1) is 16.8. The maximum absolute atomic E-state index is 8.18. The number of rotatable bonds is 7. The summed E-state index contributed by atoms with van der Waals surface area (Å²) >= 11 is 0. The molecule has 0 fully saturated rings. The highest BCUT2D eigenvalue weighted by atomic mass is 16.7. The number of ether oxygens (including phenoxy) is 3. The fraction of sp³-hybridized carbons (Fsp3) is 0.588. The molecule has 0 saturated carbocycles. The molecule has 22 heavy (non-hydrogen) atoms. The molecule has 0 bridgehead atoms. The zero-order chi connectivity index (χ0) is 16.3. The molecule has 0 spiro atoms. The fourth-order valence-electron chi connectivity index (χ4n) is 2.99. The SMILES string of the molecule is COC1(OC)NC(=N)c2c(OCC(C)CC(C)C)cccc21. The summed E-state index contributed by atoms with van der Waals surface area (Å²) in [5.41, 5.74) is 1.49. The smallest absolute Gasteiger partial charge is 0.279 e. The molecule has 1 aromatic carbocycles. The first-order chi connectivity index (χ1) is 10.4. The van der Waals surface area contributed by atoms with E-state index in [1.54, 1.807) is 14.2 Å².